The molecule has 1 aliphatic rings. The van der Waals surface area contributed by atoms with E-state index in [9.17, 15) is 0 Å². The van der Waals surface area contributed by atoms with Gasteiger partial charge in [0.05, 0.1) is 11.3 Å². The number of hydrogen-bond acceptors (Lipinski definition) is 5. The Hall–Kier alpha value is -1.77. The largest absolute Gasteiger partial charge is 0.398 e. The van der Waals surface area contributed by atoms with E-state index in [1.807, 2.05) is 18.2 Å². The first-order valence-corrected chi connectivity index (χ1v) is 7.02. The summed E-state index contributed by atoms with van der Waals surface area (Å²) in [5, 5.41) is 8.90. The summed E-state index contributed by atoms with van der Waals surface area (Å²) < 4.78 is 0. The number of nitriles is 1. The molecular weight excluding hydrogens is 250 g/mol. The van der Waals surface area contributed by atoms with Crippen LogP contribution in [-0.4, -0.2) is 63.2 Å². The molecule has 0 atom stereocenters. The Morgan fingerprint density at radius 3 is 2.50 bits per heavy atom. The van der Waals surface area contributed by atoms with Crippen molar-refractivity contribution in [3.63, 3.8) is 0 Å². The summed E-state index contributed by atoms with van der Waals surface area (Å²) in [6.07, 6.45) is 0. The summed E-state index contributed by atoms with van der Waals surface area (Å²) in [6, 6.07) is 7.81. The van der Waals surface area contributed by atoms with Crippen molar-refractivity contribution in [3.05, 3.63) is 23.8 Å². The van der Waals surface area contributed by atoms with Gasteiger partial charge in [-0.25, -0.2) is 0 Å². The van der Waals surface area contributed by atoms with Crippen LogP contribution in [0.15, 0.2) is 18.2 Å². The summed E-state index contributed by atoms with van der Waals surface area (Å²) >= 11 is 0. The maximum atomic E-state index is 8.90. The highest BCUT2D eigenvalue weighted by Crippen LogP contribution is 2.22. The smallest absolute Gasteiger partial charge is 0.101 e. The molecule has 0 unspecified atom stereocenters. The first-order valence-electron chi connectivity index (χ1n) is 7.02. The Morgan fingerprint density at radius 1 is 1.25 bits per heavy atom. The highest BCUT2D eigenvalue weighted by atomic mass is 15.3. The quantitative estimate of drug-likeness (QED) is 0.823. The van der Waals surface area contributed by atoms with Gasteiger partial charge in [0, 0.05) is 45.0 Å². The van der Waals surface area contributed by atoms with E-state index in [0.717, 1.165) is 45.0 Å². The second kappa shape index (κ2) is 6.60. The van der Waals surface area contributed by atoms with Crippen molar-refractivity contribution in [2.45, 2.75) is 0 Å². The van der Waals surface area contributed by atoms with E-state index in [1.54, 1.807) is 0 Å². The van der Waals surface area contributed by atoms with Crippen molar-refractivity contribution in [1.82, 2.24) is 9.80 Å². The van der Waals surface area contributed by atoms with Gasteiger partial charge in [-0.2, -0.15) is 5.26 Å². The van der Waals surface area contributed by atoms with Crippen LogP contribution >= 0.6 is 0 Å². The molecule has 1 aromatic carbocycles. The normalized spacial score (nSPS) is 16.4. The molecule has 0 aromatic heterocycles. The van der Waals surface area contributed by atoms with Gasteiger partial charge in [-0.3, -0.25) is 4.90 Å². The maximum absolute atomic E-state index is 8.90. The average Bonchev–Trinajstić information content (AvgIpc) is 2.45. The Bertz CT molecular complexity index is 484. The van der Waals surface area contributed by atoms with Gasteiger partial charge < -0.3 is 15.5 Å². The van der Waals surface area contributed by atoms with Gasteiger partial charge in [-0.1, -0.05) is 0 Å². The van der Waals surface area contributed by atoms with Crippen LogP contribution in [0.3, 0.4) is 0 Å². The fourth-order valence-corrected chi connectivity index (χ4v) is 2.42. The minimum atomic E-state index is 0.554. The molecule has 1 aliphatic heterocycles. The second-order valence-corrected chi connectivity index (χ2v) is 5.52. The lowest BCUT2D eigenvalue weighted by molar-refractivity contribution is 0.229. The molecule has 20 heavy (non-hydrogen) atoms. The summed E-state index contributed by atoms with van der Waals surface area (Å²) in [4.78, 5) is 7.04. The van der Waals surface area contributed by atoms with Crippen LogP contribution in [0, 0.1) is 11.3 Å². The van der Waals surface area contributed by atoms with Crippen molar-refractivity contribution < 1.29 is 0 Å². The number of likely N-dealkylation sites (N-methyl/N-ethyl adjacent to an activating group) is 1. The highest BCUT2D eigenvalue weighted by Gasteiger charge is 2.17. The third-order valence-corrected chi connectivity index (χ3v) is 3.76. The van der Waals surface area contributed by atoms with Crippen LogP contribution in [0.1, 0.15) is 5.56 Å². The Morgan fingerprint density at radius 2 is 1.95 bits per heavy atom. The molecular formula is C15H23N5. The van der Waals surface area contributed by atoms with Crippen molar-refractivity contribution in [1.29, 1.82) is 5.26 Å². The van der Waals surface area contributed by atoms with Crippen molar-refractivity contribution in [3.8, 4) is 6.07 Å². The monoisotopic (exact) mass is 273 g/mol. The number of benzene rings is 1. The fourth-order valence-electron chi connectivity index (χ4n) is 2.42. The van der Waals surface area contributed by atoms with E-state index >= 15 is 0 Å². The zero-order chi connectivity index (χ0) is 14.5. The minimum absolute atomic E-state index is 0.554. The third kappa shape index (κ3) is 3.62. The van der Waals surface area contributed by atoms with Crippen LogP contribution in [0.25, 0.3) is 0 Å². The topological polar surface area (TPSA) is 59.5 Å². The predicted molar refractivity (Wildman–Crippen MR) is 82.8 cm³/mol. The number of piperazine rings is 1. The number of rotatable bonds is 4. The fraction of sp³-hybridized carbons (Fsp3) is 0.533. The lowest BCUT2D eigenvalue weighted by atomic mass is 10.1. The summed E-state index contributed by atoms with van der Waals surface area (Å²) in [7, 11) is 4.21. The first kappa shape index (κ1) is 14.6. The zero-order valence-electron chi connectivity index (χ0n) is 12.3. The van der Waals surface area contributed by atoms with Crippen LogP contribution in [-0.2, 0) is 0 Å². The van der Waals surface area contributed by atoms with E-state index in [4.69, 9.17) is 11.0 Å². The number of hydrogen-bond donors (Lipinski definition) is 1. The SMILES string of the molecule is CN(C)CCN1CCN(c2ccc(C#N)c(N)c2)CC1. The lowest BCUT2D eigenvalue weighted by Gasteiger charge is -2.36. The molecule has 1 aromatic rings. The van der Waals surface area contributed by atoms with Gasteiger partial charge >= 0.3 is 0 Å². The number of nitrogen functional groups attached to an aromatic ring is 1. The molecule has 1 heterocycles. The van der Waals surface area contributed by atoms with Crippen LogP contribution in [0.2, 0.25) is 0 Å². The van der Waals surface area contributed by atoms with Gasteiger partial charge in [0.1, 0.15) is 6.07 Å². The molecule has 2 N–H and O–H groups in total. The van der Waals surface area contributed by atoms with Crippen LogP contribution < -0.4 is 10.6 Å². The van der Waals surface area contributed by atoms with Crippen molar-refractivity contribution in [2.24, 2.45) is 0 Å². The van der Waals surface area contributed by atoms with Gasteiger partial charge in [-0.05, 0) is 32.3 Å². The predicted octanol–water partition coefficient (Wildman–Crippen LogP) is 0.824. The lowest BCUT2D eigenvalue weighted by Crippen LogP contribution is -2.48. The van der Waals surface area contributed by atoms with Crippen LogP contribution in [0.5, 0.6) is 0 Å². The molecule has 0 radical (unpaired) electrons. The molecule has 5 heteroatoms. The maximum Gasteiger partial charge on any atom is 0.101 e. The standard InChI is InChI=1S/C15H23N5/c1-18(2)5-6-19-7-9-20(10-8-19)14-4-3-13(12-16)15(17)11-14/h3-4,11H,5-10,17H2,1-2H3. The van der Waals surface area contributed by atoms with Gasteiger partial charge in [0.2, 0.25) is 0 Å². The summed E-state index contributed by atoms with van der Waals surface area (Å²) in [5.74, 6) is 0. The van der Waals surface area contributed by atoms with E-state index in [2.05, 4.69) is 34.9 Å². The molecule has 0 aliphatic carbocycles. The number of nitrogens with two attached hydrogens (primary N) is 1. The average molecular weight is 273 g/mol. The molecule has 0 saturated carbocycles. The zero-order valence-corrected chi connectivity index (χ0v) is 12.3. The molecule has 1 fully saturated rings. The molecule has 2 rings (SSSR count). The van der Waals surface area contributed by atoms with E-state index < -0.39 is 0 Å². The third-order valence-electron chi connectivity index (χ3n) is 3.76. The molecule has 0 bridgehead atoms. The first-order chi connectivity index (χ1) is 9.60. The Balaban J connectivity index is 1.91. The van der Waals surface area contributed by atoms with Crippen molar-refractivity contribution in [2.75, 3.05) is 64.0 Å². The van der Waals surface area contributed by atoms with Gasteiger partial charge in [0.25, 0.3) is 0 Å². The van der Waals surface area contributed by atoms with E-state index in [-0.39, 0.29) is 0 Å². The summed E-state index contributed by atoms with van der Waals surface area (Å²) in [6.45, 7) is 6.40. The number of nitrogens with zero attached hydrogens (tertiary/aromatic N) is 4. The summed E-state index contributed by atoms with van der Waals surface area (Å²) in [5.41, 5.74) is 8.12. The Labute approximate surface area is 121 Å². The van der Waals surface area contributed by atoms with Gasteiger partial charge in [0.15, 0.2) is 0 Å². The highest BCUT2D eigenvalue weighted by molar-refractivity contribution is 5.63. The molecule has 0 spiro atoms. The van der Waals surface area contributed by atoms with Crippen LogP contribution in [0.4, 0.5) is 11.4 Å². The molecule has 108 valence electrons. The van der Waals surface area contributed by atoms with Crippen molar-refractivity contribution >= 4 is 11.4 Å². The van der Waals surface area contributed by atoms with Gasteiger partial charge in [-0.15, -0.1) is 0 Å². The minimum Gasteiger partial charge on any atom is -0.398 e. The van der Waals surface area contributed by atoms with E-state index in [1.165, 1.54) is 0 Å². The molecule has 5 nitrogen and oxygen atoms in total. The molecule has 1 saturated heterocycles. The second-order valence-electron chi connectivity index (χ2n) is 5.52. The Kier molecular flexibility index (Phi) is 4.83. The van der Waals surface area contributed by atoms with E-state index in [0.29, 0.717) is 11.3 Å². The molecule has 0 amide bonds. The number of anilines is 2.